The number of aliphatic imine (C=N–C) groups is 1. The van der Waals surface area contributed by atoms with Crippen LogP contribution in [-0.4, -0.2) is 81.3 Å². The molecular formula is C38H52FN7O2. The van der Waals surface area contributed by atoms with E-state index in [0.717, 1.165) is 74.5 Å². The molecule has 2 aromatic carbocycles. The molecular weight excluding hydrogens is 605 g/mol. The fourth-order valence-corrected chi connectivity index (χ4v) is 8.89. The molecule has 1 unspecified atom stereocenters. The molecule has 10 heteroatoms. The van der Waals surface area contributed by atoms with Crippen molar-refractivity contribution < 1.29 is 9.50 Å². The maximum absolute atomic E-state index is 14.1. The minimum atomic E-state index is -0.373. The molecule has 5 fully saturated rings. The second kappa shape index (κ2) is 13.5. The Balaban J connectivity index is 1.21. The Hall–Kier alpha value is -3.34. The van der Waals surface area contributed by atoms with Gasteiger partial charge in [0.25, 0.3) is 5.56 Å². The maximum atomic E-state index is 14.1. The monoisotopic (exact) mass is 657 g/mol. The highest BCUT2D eigenvalue weighted by Crippen LogP contribution is 2.61. The van der Waals surface area contributed by atoms with E-state index in [-0.39, 0.29) is 17.5 Å². The third kappa shape index (κ3) is 6.76. The van der Waals surface area contributed by atoms with E-state index in [4.69, 9.17) is 9.98 Å². The van der Waals surface area contributed by atoms with Gasteiger partial charge in [0.1, 0.15) is 11.6 Å². The first kappa shape index (κ1) is 33.2. The second-order valence-corrected chi connectivity index (χ2v) is 15.5. The quantitative estimate of drug-likeness (QED) is 0.251. The van der Waals surface area contributed by atoms with Gasteiger partial charge in [0.05, 0.1) is 29.2 Å². The lowest BCUT2D eigenvalue weighted by molar-refractivity contribution is -0.112. The number of aromatic nitrogens is 2. The third-order valence-electron chi connectivity index (χ3n) is 12.0. The summed E-state index contributed by atoms with van der Waals surface area (Å²) in [6.07, 6.45) is 4.41. The number of hydrogen-bond acceptors (Lipinski definition) is 6. The van der Waals surface area contributed by atoms with Crippen LogP contribution < -0.4 is 16.2 Å². The summed E-state index contributed by atoms with van der Waals surface area (Å²) in [5, 5.41) is 18.4. The number of rotatable bonds is 7. The maximum Gasteiger partial charge on any atom is 0.261 e. The smallest absolute Gasteiger partial charge is 0.261 e. The molecule has 258 valence electrons. The van der Waals surface area contributed by atoms with Crippen molar-refractivity contribution in [2.24, 2.45) is 28.2 Å². The highest BCUT2D eigenvalue weighted by Gasteiger charge is 2.56. The zero-order valence-corrected chi connectivity index (χ0v) is 29.0. The lowest BCUT2D eigenvalue weighted by Crippen LogP contribution is -2.63. The standard InChI is InChI=1S/C38H52FN7O2/c1-24-21-45(17-14-40-24)37(43-33-19-27-18-32(25(33)2)38(27,3)4)41-29-11-12-31-34(20-29)42-35(23-44-15-5-6-30(47)22-44)46(36(31)48)16-13-26-7-9-28(39)10-8-26/h7-12,20,24-25,27,30,32-33,40,47H,5-6,13-19,21-23H2,1-4H3,(H,41,43)/t24-,25+,27-,30?,32-,33-/m0/s1. The Morgan fingerprint density at radius 2 is 1.94 bits per heavy atom. The van der Waals surface area contributed by atoms with Gasteiger partial charge in [-0.2, -0.15) is 0 Å². The van der Waals surface area contributed by atoms with Crippen molar-refractivity contribution in [3.05, 3.63) is 70.0 Å². The van der Waals surface area contributed by atoms with Gasteiger partial charge >= 0.3 is 0 Å². The molecule has 3 aliphatic carbocycles. The van der Waals surface area contributed by atoms with E-state index in [0.29, 0.717) is 66.2 Å². The zero-order chi connectivity index (χ0) is 33.6. The summed E-state index contributed by atoms with van der Waals surface area (Å²) in [5.74, 6) is 3.36. The van der Waals surface area contributed by atoms with Crippen molar-refractivity contribution in [1.29, 1.82) is 0 Å². The van der Waals surface area contributed by atoms with E-state index >= 15 is 0 Å². The van der Waals surface area contributed by atoms with Crippen LogP contribution in [0.3, 0.4) is 0 Å². The molecule has 1 aromatic heterocycles. The molecule has 2 saturated heterocycles. The number of hydrogen-bond donors (Lipinski definition) is 3. The van der Waals surface area contributed by atoms with Gasteiger partial charge in [-0.3, -0.25) is 14.3 Å². The number of aliphatic hydroxyl groups is 1. The summed E-state index contributed by atoms with van der Waals surface area (Å²) in [6, 6.07) is 12.9. The molecule has 2 bridgehead atoms. The van der Waals surface area contributed by atoms with Crippen LogP contribution in [0.5, 0.6) is 0 Å². The molecule has 0 radical (unpaired) electrons. The third-order valence-corrected chi connectivity index (χ3v) is 12.0. The predicted octanol–water partition coefficient (Wildman–Crippen LogP) is 4.68. The molecule has 3 heterocycles. The molecule has 3 aromatic rings. The lowest BCUT2D eigenvalue weighted by atomic mass is 9.45. The number of nitrogens with zero attached hydrogens (tertiary/aromatic N) is 5. The van der Waals surface area contributed by atoms with Gasteiger partial charge in [0.15, 0.2) is 5.96 Å². The lowest BCUT2D eigenvalue weighted by Gasteiger charge is -2.62. The Morgan fingerprint density at radius 1 is 1.12 bits per heavy atom. The van der Waals surface area contributed by atoms with E-state index in [2.05, 4.69) is 48.1 Å². The van der Waals surface area contributed by atoms with E-state index in [1.165, 1.54) is 18.6 Å². The van der Waals surface area contributed by atoms with Crippen LogP contribution in [0, 0.1) is 29.0 Å². The molecule has 5 aliphatic rings. The summed E-state index contributed by atoms with van der Waals surface area (Å²) < 4.78 is 15.3. The molecule has 9 nitrogen and oxygen atoms in total. The van der Waals surface area contributed by atoms with Crippen molar-refractivity contribution in [1.82, 2.24) is 30.0 Å². The average Bonchev–Trinajstić information content (AvgIpc) is 3.05. The van der Waals surface area contributed by atoms with Crippen LogP contribution in [0.15, 0.2) is 52.3 Å². The van der Waals surface area contributed by atoms with Gasteiger partial charge in [-0.05, 0) is 105 Å². The summed E-state index contributed by atoms with van der Waals surface area (Å²) in [6.45, 7) is 14.5. The molecule has 0 spiro atoms. The van der Waals surface area contributed by atoms with E-state index in [1.54, 1.807) is 16.7 Å². The van der Waals surface area contributed by atoms with Crippen LogP contribution >= 0.6 is 0 Å². The Kier molecular flexibility index (Phi) is 9.34. The molecule has 3 N–H and O–H groups in total. The number of piperazine rings is 1. The molecule has 3 saturated carbocycles. The van der Waals surface area contributed by atoms with Crippen molar-refractivity contribution in [3.63, 3.8) is 0 Å². The first-order valence-electron chi connectivity index (χ1n) is 18.1. The molecule has 0 amide bonds. The first-order chi connectivity index (χ1) is 23.0. The number of piperidine rings is 1. The highest BCUT2D eigenvalue weighted by atomic mass is 19.1. The Morgan fingerprint density at radius 3 is 2.67 bits per heavy atom. The zero-order valence-electron chi connectivity index (χ0n) is 29.0. The summed E-state index contributed by atoms with van der Waals surface area (Å²) in [7, 11) is 0. The second-order valence-electron chi connectivity index (χ2n) is 15.5. The van der Waals surface area contributed by atoms with Crippen molar-refractivity contribution in [2.75, 3.05) is 32.7 Å². The Bertz CT molecular complexity index is 1710. The minimum Gasteiger partial charge on any atom is -0.392 e. The van der Waals surface area contributed by atoms with Crippen molar-refractivity contribution in [3.8, 4) is 0 Å². The van der Waals surface area contributed by atoms with Gasteiger partial charge in [0, 0.05) is 44.8 Å². The largest absolute Gasteiger partial charge is 0.392 e. The van der Waals surface area contributed by atoms with Crippen molar-refractivity contribution >= 4 is 22.5 Å². The number of benzene rings is 2. The van der Waals surface area contributed by atoms with Gasteiger partial charge in [-0.15, -0.1) is 0 Å². The van der Waals surface area contributed by atoms with Crippen LogP contribution in [-0.2, 0) is 19.5 Å². The minimum absolute atomic E-state index is 0.0858. The fourth-order valence-electron chi connectivity index (χ4n) is 8.89. The number of likely N-dealkylation sites (tertiary alicyclic amines) is 1. The number of aliphatic hydroxyl groups excluding tert-OH is 1. The molecule has 6 atom stereocenters. The number of fused-ring (bicyclic) bond motifs is 3. The van der Waals surface area contributed by atoms with E-state index in [9.17, 15) is 14.3 Å². The first-order valence-corrected chi connectivity index (χ1v) is 18.1. The summed E-state index contributed by atoms with van der Waals surface area (Å²) in [5.41, 5.74) is 2.70. The Labute approximate surface area is 283 Å². The number of halogens is 1. The molecule has 2 aliphatic heterocycles. The van der Waals surface area contributed by atoms with Gasteiger partial charge in [-0.1, -0.05) is 32.9 Å². The van der Waals surface area contributed by atoms with E-state index < -0.39 is 0 Å². The van der Waals surface area contributed by atoms with Crippen LogP contribution in [0.1, 0.15) is 64.8 Å². The number of β-amino-alcohol motifs (C(OH)–C–C–N with tert-alkyl or cyclic N) is 1. The number of aryl methyl sites for hydroxylation is 1. The normalized spacial score (nSPS) is 29.1. The van der Waals surface area contributed by atoms with Crippen LogP contribution in [0.4, 0.5) is 10.1 Å². The van der Waals surface area contributed by atoms with Crippen molar-refractivity contribution in [2.45, 2.75) is 91.1 Å². The summed E-state index contributed by atoms with van der Waals surface area (Å²) in [4.78, 5) is 29.0. The van der Waals surface area contributed by atoms with Gasteiger partial charge in [0.2, 0.25) is 0 Å². The topological polar surface area (TPSA) is 98.0 Å². The fraction of sp³-hybridized carbons (Fsp3) is 0.605. The predicted molar refractivity (Wildman–Crippen MR) is 189 cm³/mol. The van der Waals surface area contributed by atoms with Gasteiger partial charge < -0.3 is 20.6 Å². The van der Waals surface area contributed by atoms with Crippen LogP contribution in [0.25, 0.3) is 10.9 Å². The highest BCUT2D eigenvalue weighted by molar-refractivity contribution is 5.86. The number of guanidine groups is 1. The average molecular weight is 658 g/mol. The van der Waals surface area contributed by atoms with E-state index in [1.807, 2.05) is 18.2 Å². The molecule has 8 rings (SSSR count). The van der Waals surface area contributed by atoms with Gasteiger partial charge in [-0.25, -0.2) is 14.4 Å². The summed E-state index contributed by atoms with van der Waals surface area (Å²) >= 11 is 0. The SMILES string of the molecule is C[C@H]1[C@@H](NC(=Nc2ccc3c(=O)n(CCc4ccc(F)cc4)c(CN4CCCC(O)C4)nc3c2)N2CCN[C@@H](C)C2)C[C@@H]2C[C@@H]1C2(C)C. The van der Waals surface area contributed by atoms with Crippen LogP contribution in [0.2, 0.25) is 0 Å². The molecule has 48 heavy (non-hydrogen) atoms. The number of nitrogens with one attached hydrogen (secondary N) is 2.